The highest BCUT2D eigenvalue weighted by molar-refractivity contribution is 7.10. The van der Waals surface area contributed by atoms with Crippen molar-refractivity contribution < 1.29 is 0 Å². The molecule has 630 valence electrons. The van der Waals surface area contributed by atoms with Crippen LogP contribution in [-0.2, 0) is 26.1 Å². The van der Waals surface area contributed by atoms with Crippen LogP contribution in [0.15, 0.2) is 225 Å². The molecule has 0 radical (unpaired) electrons. The molecule has 8 aromatic heterocycles. The molecule has 6 aromatic carbocycles. The first kappa shape index (κ1) is 105. The Labute approximate surface area is 709 Å². The summed E-state index contributed by atoms with van der Waals surface area (Å²) in [6, 6.07) is 54.9. The van der Waals surface area contributed by atoms with E-state index in [4.69, 9.17) is 0 Å². The Morgan fingerprint density at radius 2 is 0.819 bits per heavy atom. The summed E-state index contributed by atoms with van der Waals surface area (Å²) in [5.41, 5.74) is 20.5. The maximum absolute atomic E-state index is 4.40. The van der Waals surface area contributed by atoms with E-state index < -0.39 is 0 Å². The zero-order chi connectivity index (χ0) is 87.2. The third kappa shape index (κ3) is 32.3. The molecule has 0 fully saturated rings. The van der Waals surface area contributed by atoms with E-state index in [1.807, 2.05) is 202 Å². The van der Waals surface area contributed by atoms with E-state index in [9.17, 15) is 0 Å². The quantitative estimate of drug-likeness (QED) is 0.138. The number of benzene rings is 6. The summed E-state index contributed by atoms with van der Waals surface area (Å²) in [5, 5.41) is 25.0. The van der Waals surface area contributed by atoms with Crippen LogP contribution in [0.4, 0.5) is 0 Å². The molecule has 3 N–H and O–H groups in total. The van der Waals surface area contributed by atoms with Crippen molar-refractivity contribution in [2.45, 2.75) is 295 Å². The average molecular weight is 1590 g/mol. The summed E-state index contributed by atoms with van der Waals surface area (Å²) in [6.07, 6.45) is 20.1. The molecule has 0 aliphatic carbocycles. The minimum Gasteiger partial charge on any atom is -0.312 e. The average Bonchev–Trinajstić information content (AvgIpc) is 1.74. The van der Waals surface area contributed by atoms with Crippen LogP contribution < -0.4 is 10.6 Å². The fourth-order valence-corrected chi connectivity index (χ4v) is 14.4. The van der Waals surface area contributed by atoms with E-state index in [-0.39, 0.29) is 0 Å². The Kier molecular flexibility index (Phi) is 54.4. The molecule has 0 saturated heterocycles. The minimum absolute atomic E-state index is 0.540. The maximum Gasteiger partial charge on any atom is 0.0992 e. The van der Waals surface area contributed by atoms with Gasteiger partial charge in [-0.1, -0.05) is 337 Å². The van der Waals surface area contributed by atoms with Gasteiger partial charge in [0.15, 0.2) is 0 Å². The van der Waals surface area contributed by atoms with Crippen LogP contribution in [0.5, 0.6) is 0 Å². The van der Waals surface area contributed by atoms with Gasteiger partial charge in [0, 0.05) is 94.8 Å². The van der Waals surface area contributed by atoms with Crippen molar-refractivity contribution in [3.63, 3.8) is 0 Å². The van der Waals surface area contributed by atoms with Crippen molar-refractivity contribution >= 4 is 71.1 Å². The number of hydrogen-bond acceptors (Lipinski definition) is 9. The predicted molar refractivity (Wildman–Crippen MR) is 518 cm³/mol. The highest BCUT2D eigenvalue weighted by atomic mass is 32.1. The maximum atomic E-state index is 4.40. The summed E-state index contributed by atoms with van der Waals surface area (Å²) in [4.78, 5) is 22.7. The largest absolute Gasteiger partial charge is 0.312 e. The normalized spacial score (nSPS) is 11.0. The molecule has 16 rings (SSSR count). The SMILES string of the molecule is CC.CC.CC.CC.CC.CC.CC.CC.CC(C)c1cccc2[nH]ncc12.CC(C)c1cccc2c1CNC2.CC(C)c1cccc2cccnc12.CC(C)c1cccc2ccncc12.CC(C)c1cccc2cnccc12.CC(C)c1cccc2ncccc12.CC(C)c1cccn2cncc12.CC(C)c1csc2c1CCNC2. The van der Waals surface area contributed by atoms with E-state index in [1.165, 1.54) is 99.7 Å². The second-order valence-electron chi connectivity index (χ2n) is 28.4. The van der Waals surface area contributed by atoms with Crippen molar-refractivity contribution in [3.05, 3.63) is 291 Å². The van der Waals surface area contributed by atoms with Gasteiger partial charge in [-0.25, -0.2) is 4.98 Å². The number of imidazole rings is 1. The van der Waals surface area contributed by atoms with Crippen molar-refractivity contribution in [2.75, 3.05) is 6.54 Å². The van der Waals surface area contributed by atoms with Crippen LogP contribution in [0.1, 0.15) is 335 Å². The first-order valence-electron chi connectivity index (χ1n) is 44.1. The Balaban J connectivity index is 0.000000646. The van der Waals surface area contributed by atoms with Gasteiger partial charge < -0.3 is 15.0 Å². The topological polar surface area (TPSA) is 122 Å². The standard InChI is InChI=1S/4C12H13N.C11H15N.2C10H12N2.C10H15NS.8C2H6/c1-9(2)10-5-3-7-12-11(10)6-4-8-13-12;1-9(2)11-7-3-5-10-6-4-8-13-12(10)11;1-9(2)11-5-3-4-10-8-13-7-6-12(10)11;1-9(2)11-5-3-4-10-6-7-13-8-12(10)11;1-8(2)10-5-3-4-9-6-12-7-11(9)10;1-8(2)9-4-3-5-12-7-11-6-10(9)12;1-7(2)8-4-3-5-10-9(8)6-11-12-10;1-7(2)9-6-12-10-5-11-4-3-8(9)10;8*1-2/h4*3-9H,1-2H3;3-5,8,12H,6-7H2,1-2H3;3-8H,1-2H3;3-7H,1-2H3,(H,11,12);6-7,11H,3-5H2,1-2H3;8*1-2H3. The van der Waals surface area contributed by atoms with Gasteiger partial charge in [0.2, 0.25) is 0 Å². The molecule has 116 heavy (non-hydrogen) atoms. The first-order valence-corrected chi connectivity index (χ1v) is 44.9. The molecule has 0 bridgehead atoms. The molecule has 0 atom stereocenters. The van der Waals surface area contributed by atoms with Gasteiger partial charge in [0.1, 0.15) is 0 Å². The minimum atomic E-state index is 0.540. The van der Waals surface area contributed by atoms with Gasteiger partial charge in [-0.2, -0.15) is 5.10 Å². The van der Waals surface area contributed by atoms with E-state index >= 15 is 0 Å². The zero-order valence-electron chi connectivity index (χ0n) is 78.1. The summed E-state index contributed by atoms with van der Waals surface area (Å²) >= 11 is 1.92. The number of thiophene rings is 1. The highest BCUT2D eigenvalue weighted by Crippen LogP contribution is 2.32. The lowest BCUT2D eigenvalue weighted by molar-refractivity contribution is 0.646. The Hall–Kier alpha value is -9.26. The Morgan fingerprint density at radius 1 is 0.336 bits per heavy atom. The number of fused-ring (bicyclic) bond motifs is 8. The number of aromatic nitrogens is 8. The molecule has 10 heterocycles. The number of pyridine rings is 5. The fraction of sp³-hybridized carbons (Fsp3) is 0.429. The third-order valence-electron chi connectivity index (χ3n) is 18.5. The second-order valence-corrected chi connectivity index (χ2v) is 29.4. The van der Waals surface area contributed by atoms with Crippen LogP contribution >= 0.6 is 11.3 Å². The molecule has 2 aliphatic heterocycles. The van der Waals surface area contributed by atoms with Crippen molar-refractivity contribution in [1.82, 2.24) is 50.2 Å². The van der Waals surface area contributed by atoms with Crippen LogP contribution in [0.3, 0.4) is 0 Å². The van der Waals surface area contributed by atoms with Crippen LogP contribution in [0, 0.1) is 0 Å². The van der Waals surface area contributed by atoms with E-state index in [0.717, 1.165) is 42.7 Å². The highest BCUT2D eigenvalue weighted by Gasteiger charge is 2.18. The zero-order valence-corrected chi connectivity index (χ0v) is 78.9. The van der Waals surface area contributed by atoms with Gasteiger partial charge in [-0.3, -0.25) is 25.0 Å². The molecule has 14 aromatic rings. The Bertz CT molecular complexity index is 4410. The van der Waals surface area contributed by atoms with Gasteiger partial charge in [-0.15, -0.1) is 11.3 Å². The molecule has 0 unspecified atom stereocenters. The molecular weight excluding hydrogens is 1430 g/mol. The number of nitrogens with zero attached hydrogens (tertiary/aromatic N) is 7. The lowest BCUT2D eigenvalue weighted by Gasteiger charge is -2.15. The number of hydrogen-bond donors (Lipinski definition) is 3. The van der Waals surface area contributed by atoms with Crippen molar-refractivity contribution in [3.8, 4) is 0 Å². The van der Waals surface area contributed by atoms with Crippen molar-refractivity contribution in [2.24, 2.45) is 0 Å². The Morgan fingerprint density at radius 3 is 1.43 bits per heavy atom. The summed E-state index contributed by atoms with van der Waals surface area (Å²) in [5.74, 6) is 4.71. The monoisotopic (exact) mass is 1590 g/mol. The van der Waals surface area contributed by atoms with Gasteiger partial charge in [-0.05, 0) is 180 Å². The number of H-pyrrole nitrogens is 1. The van der Waals surface area contributed by atoms with Gasteiger partial charge in [0.25, 0.3) is 0 Å². The smallest absolute Gasteiger partial charge is 0.0992 e. The van der Waals surface area contributed by atoms with Crippen LogP contribution in [0.25, 0.3) is 59.8 Å². The fourth-order valence-electron chi connectivity index (χ4n) is 13.1. The lowest BCUT2D eigenvalue weighted by Crippen LogP contribution is -2.22. The lowest BCUT2D eigenvalue weighted by atomic mass is 9.95. The number of rotatable bonds is 8. The van der Waals surface area contributed by atoms with Crippen LogP contribution in [0.2, 0.25) is 0 Å². The van der Waals surface area contributed by atoms with Crippen molar-refractivity contribution in [1.29, 1.82) is 0 Å². The van der Waals surface area contributed by atoms with Crippen LogP contribution in [-0.4, -0.2) is 46.1 Å². The van der Waals surface area contributed by atoms with E-state index in [2.05, 4.69) is 306 Å². The van der Waals surface area contributed by atoms with E-state index in [1.54, 1.807) is 16.0 Å². The molecular formula is C105H154N10S. The predicted octanol–water partition coefficient (Wildman–Crippen LogP) is 31.7. The molecule has 10 nitrogen and oxygen atoms in total. The first-order chi connectivity index (χ1) is 56.3. The molecule has 0 amide bonds. The molecule has 2 aliphatic rings. The molecule has 0 spiro atoms. The number of para-hydroxylation sites is 1. The molecule has 0 saturated carbocycles. The molecule has 11 heteroatoms. The van der Waals surface area contributed by atoms with E-state index in [0.29, 0.717) is 47.3 Å². The summed E-state index contributed by atoms with van der Waals surface area (Å²) in [6.45, 7) is 71.9. The summed E-state index contributed by atoms with van der Waals surface area (Å²) in [7, 11) is 0. The number of aromatic amines is 1. The van der Waals surface area contributed by atoms with Gasteiger partial charge >= 0.3 is 0 Å². The van der Waals surface area contributed by atoms with Gasteiger partial charge in [0.05, 0.1) is 40.8 Å². The third-order valence-corrected chi connectivity index (χ3v) is 19.6. The second kappa shape index (κ2) is 60.3. The number of nitrogens with one attached hydrogen (secondary N) is 3. The summed E-state index contributed by atoms with van der Waals surface area (Å²) < 4.78 is 2.05.